The Kier molecular flexibility index (Phi) is 4.02. The number of anilines is 1. The summed E-state index contributed by atoms with van der Waals surface area (Å²) in [5.74, 6) is -1.84. The van der Waals surface area contributed by atoms with E-state index in [1.54, 1.807) is 30.3 Å². The summed E-state index contributed by atoms with van der Waals surface area (Å²) in [5.41, 5.74) is -0.219. The van der Waals surface area contributed by atoms with Crippen LogP contribution in [0.25, 0.3) is 0 Å². The Morgan fingerprint density at radius 1 is 1.31 bits per heavy atom. The van der Waals surface area contributed by atoms with Crippen molar-refractivity contribution < 1.29 is 19.5 Å². The number of esters is 1. The molecule has 0 saturated heterocycles. The summed E-state index contributed by atoms with van der Waals surface area (Å²) >= 11 is 0. The maximum Gasteiger partial charge on any atom is 0.365 e. The number of hydrogen-bond acceptors (Lipinski definition) is 5. The molecule has 0 atom stereocenters. The number of carbonyl (C=O) groups is 2. The van der Waals surface area contributed by atoms with Crippen molar-refractivity contribution in [2.24, 2.45) is 5.16 Å². The highest BCUT2D eigenvalue weighted by Gasteiger charge is 2.21. The molecular formula is C10H10N2O4. The molecule has 16 heavy (non-hydrogen) atoms. The Hall–Kier alpha value is -2.37. The number of nitrogens with one attached hydrogen (secondary N) is 1. The van der Waals surface area contributed by atoms with Gasteiger partial charge in [0.25, 0.3) is 11.6 Å². The number of oxime groups is 1. The molecule has 0 aliphatic carbocycles. The molecule has 6 nitrogen and oxygen atoms in total. The second-order valence-electron chi connectivity index (χ2n) is 2.76. The quantitative estimate of drug-likeness (QED) is 0.258. The fraction of sp³-hybridized carbons (Fsp3) is 0.100. The minimum Gasteiger partial charge on any atom is -0.464 e. The van der Waals surface area contributed by atoms with Gasteiger partial charge in [0.2, 0.25) is 0 Å². The van der Waals surface area contributed by atoms with Crippen LogP contribution in [-0.2, 0) is 14.3 Å². The Morgan fingerprint density at radius 3 is 2.44 bits per heavy atom. The van der Waals surface area contributed by atoms with Crippen molar-refractivity contribution in [3.63, 3.8) is 0 Å². The van der Waals surface area contributed by atoms with Gasteiger partial charge in [0.15, 0.2) is 0 Å². The van der Waals surface area contributed by atoms with E-state index in [1.807, 2.05) is 0 Å². The molecule has 0 bridgehead atoms. The SMILES string of the molecule is COC(=O)C(=NO)C(=O)Nc1ccccc1. The molecule has 6 heteroatoms. The molecule has 1 aromatic carbocycles. The Labute approximate surface area is 91.5 Å². The fourth-order valence-electron chi connectivity index (χ4n) is 0.987. The van der Waals surface area contributed by atoms with Crippen LogP contribution in [0, 0.1) is 0 Å². The van der Waals surface area contributed by atoms with Gasteiger partial charge in [-0.25, -0.2) is 4.79 Å². The normalized spacial score (nSPS) is 10.7. The number of benzene rings is 1. The molecule has 0 saturated carbocycles. The first-order valence-corrected chi connectivity index (χ1v) is 4.35. The van der Waals surface area contributed by atoms with E-state index in [-0.39, 0.29) is 0 Å². The van der Waals surface area contributed by atoms with Gasteiger partial charge in [0.05, 0.1) is 7.11 Å². The first-order valence-electron chi connectivity index (χ1n) is 4.35. The third-order valence-electron chi connectivity index (χ3n) is 1.73. The molecule has 84 valence electrons. The summed E-state index contributed by atoms with van der Waals surface area (Å²) < 4.78 is 4.27. The molecule has 1 amide bonds. The van der Waals surface area contributed by atoms with Crippen LogP contribution in [-0.4, -0.2) is 29.9 Å². The van der Waals surface area contributed by atoms with Crippen molar-refractivity contribution in [2.75, 3.05) is 12.4 Å². The zero-order valence-corrected chi connectivity index (χ0v) is 8.51. The van der Waals surface area contributed by atoms with Crippen LogP contribution in [0.15, 0.2) is 35.5 Å². The van der Waals surface area contributed by atoms with Crippen molar-refractivity contribution in [3.8, 4) is 0 Å². The van der Waals surface area contributed by atoms with Gasteiger partial charge < -0.3 is 15.3 Å². The molecule has 0 spiro atoms. The number of hydrogen-bond donors (Lipinski definition) is 2. The first kappa shape index (κ1) is 11.7. The van der Waals surface area contributed by atoms with Crippen LogP contribution in [0.3, 0.4) is 0 Å². The molecule has 0 radical (unpaired) electrons. The smallest absolute Gasteiger partial charge is 0.365 e. The average Bonchev–Trinajstić information content (AvgIpc) is 2.31. The van der Waals surface area contributed by atoms with Gasteiger partial charge in [-0.1, -0.05) is 23.4 Å². The highest BCUT2D eigenvalue weighted by atomic mass is 16.5. The number of para-hydroxylation sites is 1. The summed E-state index contributed by atoms with van der Waals surface area (Å²) in [7, 11) is 1.09. The average molecular weight is 222 g/mol. The van der Waals surface area contributed by atoms with Crippen molar-refractivity contribution in [1.29, 1.82) is 0 Å². The summed E-state index contributed by atoms with van der Waals surface area (Å²) in [6.45, 7) is 0. The molecule has 0 aliphatic heterocycles. The Bertz CT molecular complexity index is 414. The summed E-state index contributed by atoms with van der Waals surface area (Å²) in [6.07, 6.45) is 0. The molecule has 0 unspecified atom stereocenters. The van der Waals surface area contributed by atoms with Crippen molar-refractivity contribution in [2.45, 2.75) is 0 Å². The number of ether oxygens (including phenoxy) is 1. The second-order valence-corrected chi connectivity index (χ2v) is 2.76. The second kappa shape index (κ2) is 5.50. The lowest BCUT2D eigenvalue weighted by molar-refractivity contribution is -0.133. The highest BCUT2D eigenvalue weighted by molar-refractivity contribution is 6.65. The lowest BCUT2D eigenvalue weighted by Gasteiger charge is -2.04. The molecule has 1 aromatic rings. The van der Waals surface area contributed by atoms with Crippen LogP contribution in [0.5, 0.6) is 0 Å². The molecule has 0 aliphatic rings. The van der Waals surface area contributed by atoms with Gasteiger partial charge in [-0.15, -0.1) is 0 Å². The largest absolute Gasteiger partial charge is 0.464 e. The third kappa shape index (κ3) is 2.81. The molecule has 2 N–H and O–H groups in total. The van der Waals surface area contributed by atoms with Crippen LogP contribution < -0.4 is 5.32 Å². The van der Waals surface area contributed by atoms with E-state index < -0.39 is 17.6 Å². The zero-order valence-electron chi connectivity index (χ0n) is 8.51. The van der Waals surface area contributed by atoms with Crippen molar-refractivity contribution >= 4 is 23.3 Å². The molecule has 0 heterocycles. The minimum atomic E-state index is -1.00. The monoisotopic (exact) mass is 222 g/mol. The lowest BCUT2D eigenvalue weighted by atomic mass is 10.3. The number of amides is 1. The van der Waals surface area contributed by atoms with E-state index in [2.05, 4.69) is 15.2 Å². The number of methoxy groups -OCH3 is 1. The summed E-state index contributed by atoms with van der Waals surface area (Å²) in [6, 6.07) is 8.46. The van der Waals surface area contributed by atoms with Crippen LogP contribution in [0.4, 0.5) is 5.69 Å². The summed E-state index contributed by atoms with van der Waals surface area (Å²) in [5, 5.41) is 13.5. The van der Waals surface area contributed by atoms with E-state index in [0.29, 0.717) is 5.69 Å². The Balaban J connectivity index is 2.76. The number of nitrogens with zero attached hydrogens (tertiary/aromatic N) is 1. The lowest BCUT2D eigenvalue weighted by Crippen LogP contribution is -2.31. The number of carbonyl (C=O) groups excluding carboxylic acids is 2. The van der Waals surface area contributed by atoms with Crippen LogP contribution in [0.2, 0.25) is 0 Å². The van der Waals surface area contributed by atoms with Gasteiger partial charge >= 0.3 is 5.97 Å². The van der Waals surface area contributed by atoms with E-state index in [1.165, 1.54) is 0 Å². The van der Waals surface area contributed by atoms with E-state index >= 15 is 0 Å². The molecule has 0 fully saturated rings. The minimum absolute atomic E-state index is 0.484. The summed E-state index contributed by atoms with van der Waals surface area (Å²) in [4.78, 5) is 22.4. The van der Waals surface area contributed by atoms with Crippen LogP contribution >= 0.6 is 0 Å². The van der Waals surface area contributed by atoms with Gasteiger partial charge in [-0.2, -0.15) is 0 Å². The predicted octanol–water partition coefficient (Wildman–Crippen LogP) is 0.628. The van der Waals surface area contributed by atoms with E-state index in [9.17, 15) is 9.59 Å². The van der Waals surface area contributed by atoms with E-state index in [4.69, 9.17) is 5.21 Å². The van der Waals surface area contributed by atoms with Crippen molar-refractivity contribution in [1.82, 2.24) is 0 Å². The van der Waals surface area contributed by atoms with Crippen LogP contribution in [0.1, 0.15) is 0 Å². The molecule has 1 rings (SSSR count). The topological polar surface area (TPSA) is 88.0 Å². The van der Waals surface area contributed by atoms with Gasteiger partial charge in [-0.3, -0.25) is 4.79 Å². The standard InChI is InChI=1S/C10H10N2O4/c1-16-10(14)8(12-15)9(13)11-7-5-3-2-4-6-7/h2-6,15H,1H3,(H,11,13). The molecule has 0 aromatic heterocycles. The van der Waals surface area contributed by atoms with Gasteiger partial charge in [0.1, 0.15) is 0 Å². The fourth-order valence-corrected chi connectivity index (χ4v) is 0.987. The predicted molar refractivity (Wildman–Crippen MR) is 56.3 cm³/mol. The maximum absolute atomic E-state index is 11.4. The number of rotatable bonds is 3. The third-order valence-corrected chi connectivity index (χ3v) is 1.73. The van der Waals surface area contributed by atoms with Gasteiger partial charge in [-0.05, 0) is 12.1 Å². The highest BCUT2D eigenvalue weighted by Crippen LogP contribution is 2.04. The van der Waals surface area contributed by atoms with Crippen molar-refractivity contribution in [3.05, 3.63) is 30.3 Å². The van der Waals surface area contributed by atoms with E-state index in [0.717, 1.165) is 7.11 Å². The molecular weight excluding hydrogens is 212 g/mol. The first-order chi connectivity index (χ1) is 7.69. The maximum atomic E-state index is 11.4. The zero-order chi connectivity index (χ0) is 12.0. The van der Waals surface area contributed by atoms with Gasteiger partial charge in [0, 0.05) is 5.69 Å². The Morgan fingerprint density at radius 2 is 1.94 bits per heavy atom.